The van der Waals surface area contributed by atoms with Gasteiger partial charge in [-0.15, -0.1) is 0 Å². The van der Waals surface area contributed by atoms with Crippen molar-refractivity contribution in [1.82, 2.24) is 0 Å². The van der Waals surface area contributed by atoms with Crippen LogP contribution in [-0.4, -0.2) is 32.5 Å². The Bertz CT molecular complexity index is 171. The first kappa shape index (κ1) is 12.0. The molecule has 0 spiro atoms. The Morgan fingerprint density at radius 1 is 1.43 bits per heavy atom. The monoisotopic (exact) mass is 201 g/mol. The molecule has 0 aromatic heterocycles. The summed E-state index contributed by atoms with van der Waals surface area (Å²) >= 11 is 0. The van der Waals surface area contributed by atoms with Crippen molar-refractivity contribution in [3.8, 4) is 0 Å². The van der Waals surface area contributed by atoms with Gasteiger partial charge >= 0.3 is 0 Å². The third kappa shape index (κ3) is 2.69. The normalized spacial score (nSPS) is 27.6. The van der Waals surface area contributed by atoms with Gasteiger partial charge in [0.2, 0.25) is 0 Å². The van der Waals surface area contributed by atoms with Crippen molar-refractivity contribution in [1.29, 1.82) is 0 Å². The van der Waals surface area contributed by atoms with Gasteiger partial charge in [-0.2, -0.15) is 0 Å². The van der Waals surface area contributed by atoms with Crippen LogP contribution in [0, 0.1) is 11.3 Å². The van der Waals surface area contributed by atoms with E-state index in [2.05, 4.69) is 20.8 Å². The summed E-state index contributed by atoms with van der Waals surface area (Å²) in [5.74, 6) is 0.458. The van der Waals surface area contributed by atoms with E-state index < -0.39 is 0 Å². The van der Waals surface area contributed by atoms with Gasteiger partial charge in [-0.25, -0.2) is 0 Å². The first-order valence-corrected chi connectivity index (χ1v) is 5.33. The summed E-state index contributed by atoms with van der Waals surface area (Å²) in [6, 6.07) is 0.0856. The van der Waals surface area contributed by atoms with Gasteiger partial charge in [0.25, 0.3) is 0 Å². The van der Waals surface area contributed by atoms with Gasteiger partial charge in [0.1, 0.15) is 0 Å². The number of rotatable bonds is 3. The second-order valence-corrected chi connectivity index (χ2v) is 5.22. The Morgan fingerprint density at radius 3 is 2.43 bits per heavy atom. The van der Waals surface area contributed by atoms with Gasteiger partial charge in [0.15, 0.2) is 0 Å². The lowest BCUT2D eigenvalue weighted by molar-refractivity contribution is -0.0166. The Labute approximate surface area is 86.9 Å². The van der Waals surface area contributed by atoms with Gasteiger partial charge in [-0.05, 0) is 11.8 Å². The second-order valence-electron chi connectivity index (χ2n) is 5.22. The van der Waals surface area contributed by atoms with Crippen LogP contribution in [0.25, 0.3) is 0 Å². The molecule has 2 N–H and O–H groups in total. The molecule has 0 bridgehead atoms. The van der Waals surface area contributed by atoms with E-state index in [0.717, 1.165) is 19.6 Å². The molecule has 0 radical (unpaired) electrons. The Balaban J connectivity index is 2.59. The van der Waals surface area contributed by atoms with E-state index in [0.29, 0.717) is 5.92 Å². The second kappa shape index (κ2) is 4.60. The lowest BCUT2D eigenvalue weighted by Crippen LogP contribution is -2.49. The molecular weight excluding hydrogens is 178 g/mol. The Morgan fingerprint density at radius 2 is 2.07 bits per heavy atom. The summed E-state index contributed by atoms with van der Waals surface area (Å²) in [6.07, 6.45) is 1.17. The Hall–Kier alpha value is -0.120. The molecule has 0 saturated carbocycles. The first-order chi connectivity index (χ1) is 6.46. The lowest BCUT2D eigenvalue weighted by atomic mass is 9.80. The standard InChI is InChI=1S/C11H23NO2/c1-11(2,3)10(13-4)9(12)8-5-6-14-7-8/h8-10H,5-7,12H2,1-4H3. The highest BCUT2D eigenvalue weighted by molar-refractivity contribution is 4.89. The van der Waals surface area contributed by atoms with Crippen molar-refractivity contribution in [2.24, 2.45) is 17.1 Å². The molecule has 0 aromatic carbocycles. The number of ether oxygens (including phenoxy) is 2. The highest BCUT2D eigenvalue weighted by atomic mass is 16.5. The summed E-state index contributed by atoms with van der Waals surface area (Å²) in [5.41, 5.74) is 6.31. The molecule has 1 fully saturated rings. The molecule has 3 unspecified atom stereocenters. The first-order valence-electron chi connectivity index (χ1n) is 5.33. The number of hydrogen-bond acceptors (Lipinski definition) is 3. The van der Waals surface area contributed by atoms with Crippen LogP contribution >= 0.6 is 0 Å². The molecule has 0 aromatic rings. The highest BCUT2D eigenvalue weighted by Gasteiger charge is 2.36. The van der Waals surface area contributed by atoms with E-state index in [-0.39, 0.29) is 17.6 Å². The van der Waals surface area contributed by atoms with Crippen LogP contribution in [0.5, 0.6) is 0 Å². The van der Waals surface area contributed by atoms with E-state index >= 15 is 0 Å². The van der Waals surface area contributed by atoms with Crippen LogP contribution in [0.15, 0.2) is 0 Å². The van der Waals surface area contributed by atoms with Crippen LogP contribution in [0.2, 0.25) is 0 Å². The van der Waals surface area contributed by atoms with Crippen LogP contribution in [-0.2, 0) is 9.47 Å². The molecule has 3 heteroatoms. The van der Waals surface area contributed by atoms with Crippen molar-refractivity contribution in [3.05, 3.63) is 0 Å². The summed E-state index contributed by atoms with van der Waals surface area (Å²) < 4.78 is 10.9. The van der Waals surface area contributed by atoms with Crippen LogP contribution < -0.4 is 5.73 Å². The van der Waals surface area contributed by atoms with Crippen molar-refractivity contribution in [3.63, 3.8) is 0 Å². The van der Waals surface area contributed by atoms with Crippen LogP contribution in [0.4, 0.5) is 0 Å². The predicted octanol–water partition coefficient (Wildman–Crippen LogP) is 1.41. The molecule has 14 heavy (non-hydrogen) atoms. The average molecular weight is 201 g/mol. The van der Waals surface area contributed by atoms with E-state index in [1.807, 2.05) is 0 Å². The SMILES string of the molecule is COC(C(N)C1CCOC1)C(C)(C)C. The maximum Gasteiger partial charge on any atom is 0.0773 e. The molecule has 3 nitrogen and oxygen atoms in total. The maximum absolute atomic E-state index is 6.21. The van der Waals surface area contributed by atoms with Crippen LogP contribution in [0.3, 0.4) is 0 Å². The van der Waals surface area contributed by atoms with Crippen molar-refractivity contribution >= 4 is 0 Å². The zero-order valence-corrected chi connectivity index (χ0v) is 9.75. The molecular formula is C11H23NO2. The molecule has 0 aliphatic carbocycles. The molecule has 1 saturated heterocycles. The zero-order chi connectivity index (χ0) is 10.8. The van der Waals surface area contributed by atoms with E-state index in [9.17, 15) is 0 Å². The molecule has 3 atom stereocenters. The summed E-state index contributed by atoms with van der Waals surface area (Å²) in [7, 11) is 1.74. The zero-order valence-electron chi connectivity index (χ0n) is 9.75. The van der Waals surface area contributed by atoms with E-state index in [1.54, 1.807) is 7.11 Å². The van der Waals surface area contributed by atoms with Gasteiger partial charge < -0.3 is 15.2 Å². The minimum Gasteiger partial charge on any atom is -0.381 e. The fraction of sp³-hybridized carbons (Fsp3) is 1.00. The van der Waals surface area contributed by atoms with Gasteiger partial charge in [0, 0.05) is 25.7 Å². The van der Waals surface area contributed by atoms with Gasteiger partial charge in [0.05, 0.1) is 12.7 Å². The highest BCUT2D eigenvalue weighted by Crippen LogP contribution is 2.29. The average Bonchev–Trinajstić information content (AvgIpc) is 2.53. The molecule has 1 rings (SSSR count). The number of hydrogen-bond donors (Lipinski definition) is 1. The van der Waals surface area contributed by atoms with Crippen molar-refractivity contribution in [2.75, 3.05) is 20.3 Å². The summed E-state index contributed by atoms with van der Waals surface area (Å²) in [5, 5.41) is 0. The third-order valence-electron chi connectivity index (χ3n) is 2.97. The summed E-state index contributed by atoms with van der Waals surface area (Å²) in [6.45, 7) is 8.13. The molecule has 1 aliphatic heterocycles. The minimum absolute atomic E-state index is 0.0856. The fourth-order valence-corrected chi connectivity index (χ4v) is 2.19. The quantitative estimate of drug-likeness (QED) is 0.751. The van der Waals surface area contributed by atoms with Crippen LogP contribution in [0.1, 0.15) is 27.2 Å². The molecule has 84 valence electrons. The van der Waals surface area contributed by atoms with Crippen molar-refractivity contribution < 1.29 is 9.47 Å². The topological polar surface area (TPSA) is 44.5 Å². The number of nitrogens with two attached hydrogens (primary N) is 1. The molecule has 1 aliphatic rings. The van der Waals surface area contributed by atoms with E-state index in [1.165, 1.54) is 0 Å². The molecule has 0 amide bonds. The lowest BCUT2D eigenvalue weighted by Gasteiger charge is -2.36. The smallest absolute Gasteiger partial charge is 0.0773 e. The predicted molar refractivity (Wildman–Crippen MR) is 57.2 cm³/mol. The summed E-state index contributed by atoms with van der Waals surface area (Å²) in [4.78, 5) is 0. The minimum atomic E-state index is 0.0856. The van der Waals surface area contributed by atoms with Gasteiger partial charge in [-0.1, -0.05) is 20.8 Å². The third-order valence-corrected chi connectivity index (χ3v) is 2.97. The fourth-order valence-electron chi connectivity index (χ4n) is 2.19. The largest absolute Gasteiger partial charge is 0.381 e. The Kier molecular flexibility index (Phi) is 3.93. The maximum atomic E-state index is 6.21. The number of methoxy groups -OCH3 is 1. The van der Waals surface area contributed by atoms with Crippen molar-refractivity contribution in [2.45, 2.75) is 39.3 Å². The van der Waals surface area contributed by atoms with Gasteiger partial charge in [-0.3, -0.25) is 0 Å². The van der Waals surface area contributed by atoms with E-state index in [4.69, 9.17) is 15.2 Å². The molecule has 1 heterocycles.